The van der Waals surface area contributed by atoms with Crippen molar-refractivity contribution in [3.8, 4) is 11.3 Å². The first kappa shape index (κ1) is 21.3. The molecular weight excluding hydrogens is 451 g/mol. The lowest BCUT2D eigenvalue weighted by atomic mass is 9.48. The summed E-state index contributed by atoms with van der Waals surface area (Å²) in [6, 6.07) is 8.74. The Balaban J connectivity index is 1.22. The van der Waals surface area contributed by atoms with E-state index in [2.05, 4.69) is 17.6 Å². The second-order valence-corrected chi connectivity index (χ2v) is 11.0. The van der Waals surface area contributed by atoms with Crippen LogP contribution in [0.15, 0.2) is 34.7 Å². The second kappa shape index (κ2) is 8.09. The lowest BCUT2D eigenvalue weighted by Crippen LogP contribution is -2.57. The van der Waals surface area contributed by atoms with E-state index in [9.17, 15) is 4.79 Å². The molecule has 164 valence electrons. The van der Waals surface area contributed by atoms with E-state index in [-0.39, 0.29) is 17.7 Å². The van der Waals surface area contributed by atoms with Gasteiger partial charge in [0.15, 0.2) is 10.9 Å². The predicted octanol–water partition coefficient (Wildman–Crippen LogP) is 6.46. The van der Waals surface area contributed by atoms with Gasteiger partial charge >= 0.3 is 0 Å². The fraction of sp³-hybridized carbons (Fsp3) is 0.500. The molecule has 7 heteroatoms. The SMILES string of the molecule is C[C@H](NC(=S)NC(=O)c1ccc(-c2ccc(Cl)cc2Cl)o1)C12CC3CC(CC(C3)C1)C2. The molecule has 0 radical (unpaired) electrons. The van der Waals surface area contributed by atoms with Gasteiger partial charge in [0.25, 0.3) is 5.91 Å². The maximum absolute atomic E-state index is 12.7. The van der Waals surface area contributed by atoms with Crippen LogP contribution in [0.3, 0.4) is 0 Å². The number of benzene rings is 1. The highest BCUT2D eigenvalue weighted by atomic mass is 35.5. The summed E-state index contributed by atoms with van der Waals surface area (Å²) in [7, 11) is 0. The number of rotatable bonds is 4. The van der Waals surface area contributed by atoms with Crippen molar-refractivity contribution < 1.29 is 9.21 Å². The summed E-state index contributed by atoms with van der Waals surface area (Å²) in [5.41, 5.74) is 0.994. The maximum Gasteiger partial charge on any atom is 0.293 e. The molecule has 0 spiro atoms. The van der Waals surface area contributed by atoms with E-state index >= 15 is 0 Å². The number of hydrogen-bond donors (Lipinski definition) is 2. The second-order valence-electron chi connectivity index (χ2n) is 9.72. The first-order valence-corrected chi connectivity index (χ1v) is 12.1. The fourth-order valence-corrected chi connectivity index (χ4v) is 7.32. The van der Waals surface area contributed by atoms with Crippen LogP contribution in [0, 0.1) is 23.2 Å². The van der Waals surface area contributed by atoms with Gasteiger partial charge in [-0.15, -0.1) is 0 Å². The Morgan fingerprint density at radius 2 is 1.74 bits per heavy atom. The third-order valence-electron chi connectivity index (χ3n) is 7.61. The van der Waals surface area contributed by atoms with E-state index in [0.29, 0.717) is 31.9 Å². The highest BCUT2D eigenvalue weighted by molar-refractivity contribution is 7.80. The van der Waals surface area contributed by atoms with Crippen molar-refractivity contribution in [2.24, 2.45) is 23.2 Å². The van der Waals surface area contributed by atoms with Crippen molar-refractivity contribution in [3.63, 3.8) is 0 Å². The van der Waals surface area contributed by atoms with E-state index in [0.717, 1.165) is 17.8 Å². The summed E-state index contributed by atoms with van der Waals surface area (Å²) in [4.78, 5) is 12.7. The molecular formula is C24H26Cl2N2O2S. The number of halogens is 2. The molecule has 6 rings (SSSR count). The maximum atomic E-state index is 12.7. The number of furan rings is 1. The minimum atomic E-state index is -0.369. The van der Waals surface area contributed by atoms with Gasteiger partial charge in [-0.3, -0.25) is 10.1 Å². The lowest BCUT2D eigenvalue weighted by Gasteiger charge is -2.59. The number of carbonyl (C=O) groups is 1. The van der Waals surface area contributed by atoms with Gasteiger partial charge in [0.1, 0.15) is 5.76 Å². The summed E-state index contributed by atoms with van der Waals surface area (Å²) >= 11 is 17.7. The Morgan fingerprint density at radius 3 is 2.35 bits per heavy atom. The van der Waals surface area contributed by atoms with Gasteiger partial charge in [0.05, 0.1) is 5.02 Å². The first-order valence-electron chi connectivity index (χ1n) is 11.0. The fourth-order valence-electron chi connectivity index (χ4n) is 6.55. The van der Waals surface area contributed by atoms with Crippen molar-refractivity contribution in [3.05, 3.63) is 46.1 Å². The molecule has 2 N–H and O–H groups in total. The van der Waals surface area contributed by atoms with E-state index in [1.165, 1.54) is 38.5 Å². The zero-order valence-electron chi connectivity index (χ0n) is 17.4. The number of hydrogen-bond acceptors (Lipinski definition) is 3. The number of nitrogens with one attached hydrogen (secondary N) is 2. The van der Waals surface area contributed by atoms with Crippen molar-refractivity contribution in [2.75, 3.05) is 0 Å². The normalized spacial score (nSPS) is 29.6. The van der Waals surface area contributed by atoms with E-state index in [1.54, 1.807) is 30.3 Å². The predicted molar refractivity (Wildman–Crippen MR) is 127 cm³/mol. The van der Waals surface area contributed by atoms with Gasteiger partial charge < -0.3 is 9.73 Å². The van der Waals surface area contributed by atoms with Gasteiger partial charge in [-0.1, -0.05) is 23.2 Å². The summed E-state index contributed by atoms with van der Waals surface area (Å²) in [6.45, 7) is 2.22. The van der Waals surface area contributed by atoms with Crippen LogP contribution in [-0.4, -0.2) is 17.1 Å². The topological polar surface area (TPSA) is 54.3 Å². The van der Waals surface area contributed by atoms with Gasteiger partial charge in [-0.05, 0) is 111 Å². The summed E-state index contributed by atoms with van der Waals surface area (Å²) < 4.78 is 5.73. The van der Waals surface area contributed by atoms with Crippen LogP contribution in [-0.2, 0) is 0 Å². The monoisotopic (exact) mass is 476 g/mol. The average molecular weight is 477 g/mol. The lowest BCUT2D eigenvalue weighted by molar-refractivity contribution is -0.0672. The summed E-state index contributed by atoms with van der Waals surface area (Å²) in [5.74, 6) is 2.95. The molecule has 1 aromatic heterocycles. The first-order chi connectivity index (χ1) is 14.8. The summed E-state index contributed by atoms with van der Waals surface area (Å²) in [5, 5.41) is 7.56. The summed E-state index contributed by atoms with van der Waals surface area (Å²) in [6.07, 6.45) is 8.08. The molecule has 4 aliphatic rings. The van der Waals surface area contributed by atoms with Crippen LogP contribution >= 0.6 is 35.4 Å². The minimum Gasteiger partial charge on any atom is -0.451 e. The molecule has 0 saturated heterocycles. The Kier molecular flexibility index (Phi) is 5.56. The Labute approximate surface area is 198 Å². The van der Waals surface area contributed by atoms with Crippen molar-refractivity contribution >= 4 is 46.4 Å². The third kappa shape index (κ3) is 4.12. The zero-order chi connectivity index (χ0) is 21.8. The van der Waals surface area contributed by atoms with Crippen molar-refractivity contribution in [1.29, 1.82) is 0 Å². The van der Waals surface area contributed by atoms with E-state index in [4.69, 9.17) is 39.8 Å². The molecule has 4 nitrogen and oxygen atoms in total. The molecule has 1 atom stereocenters. The number of thiocarbonyl (C=S) groups is 1. The highest BCUT2D eigenvalue weighted by Gasteiger charge is 2.53. The molecule has 0 unspecified atom stereocenters. The molecule has 1 amide bonds. The van der Waals surface area contributed by atoms with Crippen LogP contribution in [0.2, 0.25) is 10.0 Å². The molecule has 4 aliphatic carbocycles. The van der Waals surface area contributed by atoms with Crippen molar-refractivity contribution in [2.45, 2.75) is 51.5 Å². The molecule has 4 bridgehead atoms. The van der Waals surface area contributed by atoms with Gasteiger partial charge in [0.2, 0.25) is 0 Å². The standard InChI is InChI=1S/C24H26Cl2N2O2S/c1-13(24-10-14-6-15(11-24)8-16(7-14)12-24)27-23(31)28-22(29)21-5-4-20(30-21)18-3-2-17(25)9-19(18)26/h2-5,9,13-16H,6-8,10-12H2,1H3,(H2,27,28,29,31)/t13-,14?,15?,16?,24?/m0/s1. The van der Waals surface area contributed by atoms with Crippen LogP contribution in [0.4, 0.5) is 0 Å². The molecule has 1 aromatic carbocycles. The van der Waals surface area contributed by atoms with Crippen LogP contribution < -0.4 is 10.6 Å². The molecule has 4 fully saturated rings. The highest BCUT2D eigenvalue weighted by Crippen LogP contribution is 2.61. The van der Waals surface area contributed by atoms with E-state index < -0.39 is 0 Å². The molecule has 2 aromatic rings. The Morgan fingerprint density at radius 1 is 1.10 bits per heavy atom. The zero-order valence-corrected chi connectivity index (χ0v) is 19.7. The molecule has 0 aliphatic heterocycles. The molecule has 1 heterocycles. The van der Waals surface area contributed by atoms with Crippen molar-refractivity contribution in [1.82, 2.24) is 10.6 Å². The Bertz CT molecular complexity index is 999. The van der Waals surface area contributed by atoms with Crippen LogP contribution in [0.5, 0.6) is 0 Å². The molecule has 4 saturated carbocycles. The number of amides is 1. The van der Waals surface area contributed by atoms with Gasteiger partial charge in [-0.25, -0.2) is 0 Å². The quantitative estimate of drug-likeness (QED) is 0.496. The van der Waals surface area contributed by atoms with Crippen LogP contribution in [0.1, 0.15) is 56.0 Å². The minimum absolute atomic E-state index is 0.188. The van der Waals surface area contributed by atoms with E-state index in [1.807, 2.05) is 0 Å². The van der Waals surface area contributed by atoms with Gasteiger partial charge in [0, 0.05) is 16.6 Å². The van der Waals surface area contributed by atoms with Crippen LogP contribution in [0.25, 0.3) is 11.3 Å². The Hall–Kier alpha value is -1.56. The smallest absolute Gasteiger partial charge is 0.293 e. The number of carbonyl (C=O) groups excluding carboxylic acids is 1. The average Bonchev–Trinajstić information content (AvgIpc) is 3.17. The molecule has 31 heavy (non-hydrogen) atoms. The third-order valence-corrected chi connectivity index (χ3v) is 8.37. The van der Waals surface area contributed by atoms with Gasteiger partial charge in [-0.2, -0.15) is 0 Å². The largest absolute Gasteiger partial charge is 0.451 e.